The molecular formula is C62H93F6N6P. The molecule has 418 valence electrons. The Morgan fingerprint density at radius 2 is 0.453 bits per heavy atom. The average Bonchev–Trinajstić information content (AvgIpc) is 3.39. The molecule has 0 amide bonds. The summed E-state index contributed by atoms with van der Waals surface area (Å²) in [6.45, 7) is 27.4. The standard InChI is InChI=1S/C62H92N6.F6P/c1-9-17-45-63(46-18-10-2)53-25-33-57(34-26-53)67(58-35-27-54(28-36-58)64(47-19-11-3)48-20-12-4)61-41-43-62(44-42-61)68(59-37-29-55(30-38-59)65(49-21-13-5)50-22-14-6)60-39-31-56(32-40-60)66(51-23-15-7)52-24-16-8;1-7(2,3,4,5)6/h25-44H,9-24,45-52H2,1-8H3;/q;-1/p+1. The molecule has 75 heavy (non-hydrogen) atoms. The molecule has 0 bridgehead atoms. The van der Waals surface area contributed by atoms with Crippen LogP contribution >= 0.6 is 7.81 Å². The van der Waals surface area contributed by atoms with Crippen molar-refractivity contribution in [1.82, 2.24) is 0 Å². The minimum atomic E-state index is -10.7. The van der Waals surface area contributed by atoms with E-state index in [1.165, 1.54) is 161 Å². The van der Waals surface area contributed by atoms with Crippen LogP contribution in [-0.2, 0) is 0 Å². The number of halogens is 6. The molecule has 6 nitrogen and oxygen atoms in total. The van der Waals surface area contributed by atoms with Gasteiger partial charge in [-0.05, 0) is 161 Å². The summed E-state index contributed by atoms with van der Waals surface area (Å²) >= 11 is 0. The van der Waals surface area contributed by atoms with Crippen LogP contribution in [0.5, 0.6) is 0 Å². The predicted octanol–water partition coefficient (Wildman–Crippen LogP) is 20.3. The van der Waals surface area contributed by atoms with Gasteiger partial charge < -0.3 is 29.4 Å². The Kier molecular flexibility index (Phi) is 25.6. The van der Waals surface area contributed by atoms with Crippen LogP contribution in [0.25, 0.3) is 0 Å². The summed E-state index contributed by atoms with van der Waals surface area (Å²) < 4.78 is 59.2. The third-order valence-electron chi connectivity index (χ3n) is 13.7. The van der Waals surface area contributed by atoms with Crippen LogP contribution in [0, 0.1) is 0 Å². The van der Waals surface area contributed by atoms with Gasteiger partial charge >= 0.3 is 33.0 Å². The molecule has 5 rings (SSSR count). The van der Waals surface area contributed by atoms with Gasteiger partial charge in [-0.2, -0.15) is 0 Å². The summed E-state index contributed by atoms with van der Waals surface area (Å²) in [5.41, 5.74) is 12.4. The molecule has 0 saturated heterocycles. The fraction of sp³-hybridized carbons (Fsp3) is 0.516. The minimum absolute atomic E-state index is 1.10. The number of quaternary nitrogens is 1. The number of hydrogen-bond donors (Lipinski definition) is 1. The van der Waals surface area contributed by atoms with Gasteiger partial charge in [-0.1, -0.05) is 107 Å². The molecule has 0 radical (unpaired) electrons. The van der Waals surface area contributed by atoms with Crippen molar-refractivity contribution in [2.24, 2.45) is 0 Å². The predicted molar refractivity (Wildman–Crippen MR) is 316 cm³/mol. The molecule has 0 saturated carbocycles. The van der Waals surface area contributed by atoms with Crippen molar-refractivity contribution in [3.8, 4) is 0 Å². The molecule has 13 heteroatoms. The number of anilines is 9. The number of rotatable bonds is 34. The van der Waals surface area contributed by atoms with Crippen LogP contribution in [0.1, 0.15) is 158 Å². The molecule has 0 aliphatic rings. The van der Waals surface area contributed by atoms with E-state index in [0.29, 0.717) is 0 Å². The second kappa shape index (κ2) is 30.7. The first-order valence-electron chi connectivity index (χ1n) is 28.6. The number of nitrogens with zero attached hydrogens (tertiary/aromatic N) is 5. The number of nitrogens with one attached hydrogen (secondary N) is 1. The van der Waals surface area contributed by atoms with E-state index < -0.39 is 7.81 Å². The van der Waals surface area contributed by atoms with Crippen LogP contribution in [0.2, 0.25) is 0 Å². The van der Waals surface area contributed by atoms with Gasteiger partial charge in [0.2, 0.25) is 0 Å². The maximum atomic E-state index is 9.87. The molecule has 0 spiro atoms. The Hall–Kier alpha value is -4.93. The van der Waals surface area contributed by atoms with Crippen molar-refractivity contribution in [3.63, 3.8) is 0 Å². The van der Waals surface area contributed by atoms with E-state index in [9.17, 15) is 25.2 Å². The van der Waals surface area contributed by atoms with E-state index in [2.05, 4.69) is 201 Å². The monoisotopic (exact) mass is 1070 g/mol. The molecule has 0 atom stereocenters. The van der Waals surface area contributed by atoms with Crippen molar-refractivity contribution in [2.75, 3.05) is 76.9 Å². The molecule has 0 fully saturated rings. The van der Waals surface area contributed by atoms with Gasteiger partial charge in [0, 0.05) is 103 Å². The third-order valence-corrected chi connectivity index (χ3v) is 13.7. The Labute approximate surface area is 449 Å². The molecule has 1 N–H and O–H groups in total. The summed E-state index contributed by atoms with van der Waals surface area (Å²) in [5.74, 6) is 0. The Morgan fingerprint density at radius 1 is 0.280 bits per heavy atom. The van der Waals surface area contributed by atoms with E-state index in [4.69, 9.17) is 0 Å². The van der Waals surface area contributed by atoms with Crippen LogP contribution in [0.4, 0.5) is 82.1 Å². The number of hydrogen-bond acceptors (Lipinski definition) is 5. The SMILES string of the molecule is CCCCN(CCCC)c1ccc(N(c2ccc(N(CCCC)CCCC)cc2)c2ccc(N(c3ccc(N(CCCC)CCCC)cc3)c3ccc([NH+](CCCC)CCCC)cc3)cc2)cc1.F[P-](F)(F)(F)(F)F. The Morgan fingerprint density at radius 3 is 0.640 bits per heavy atom. The van der Waals surface area contributed by atoms with Gasteiger partial charge in [0.15, 0.2) is 0 Å². The van der Waals surface area contributed by atoms with Crippen molar-refractivity contribution in [2.45, 2.75) is 158 Å². The second-order valence-corrected chi connectivity index (χ2v) is 22.1. The molecule has 5 aromatic carbocycles. The van der Waals surface area contributed by atoms with Gasteiger partial charge in [-0.15, -0.1) is 0 Å². The summed E-state index contributed by atoms with van der Waals surface area (Å²) in [6.07, 6.45) is 19.4. The first-order chi connectivity index (χ1) is 35.9. The van der Waals surface area contributed by atoms with Gasteiger partial charge in [-0.25, -0.2) is 0 Å². The molecule has 0 heterocycles. The van der Waals surface area contributed by atoms with Crippen LogP contribution in [-0.4, -0.2) is 52.4 Å². The average molecular weight is 1070 g/mol. The number of unbranched alkanes of at least 4 members (excludes halogenated alkanes) is 8. The normalized spacial score (nSPS) is 12.4. The van der Waals surface area contributed by atoms with E-state index in [-0.39, 0.29) is 0 Å². The van der Waals surface area contributed by atoms with E-state index in [1.807, 2.05) is 0 Å². The molecule has 0 aliphatic carbocycles. The van der Waals surface area contributed by atoms with Gasteiger partial charge in [0.1, 0.15) is 5.69 Å². The van der Waals surface area contributed by atoms with Crippen LogP contribution in [0.15, 0.2) is 121 Å². The summed E-state index contributed by atoms with van der Waals surface area (Å²) in [4.78, 5) is 14.3. The van der Waals surface area contributed by atoms with E-state index >= 15 is 0 Å². The fourth-order valence-electron chi connectivity index (χ4n) is 9.33. The quantitative estimate of drug-likeness (QED) is 0.0326. The number of benzene rings is 5. The topological polar surface area (TPSA) is 20.6 Å². The van der Waals surface area contributed by atoms with Crippen LogP contribution in [0.3, 0.4) is 0 Å². The maximum absolute atomic E-state index is 10.7. The Bertz CT molecular complexity index is 1980. The molecule has 0 aliphatic heterocycles. The van der Waals surface area contributed by atoms with Gasteiger partial charge in [0.05, 0.1) is 13.1 Å². The second-order valence-electron chi connectivity index (χ2n) is 20.1. The third kappa shape index (κ3) is 22.7. The zero-order chi connectivity index (χ0) is 54.8. The summed E-state index contributed by atoms with van der Waals surface area (Å²) in [6, 6.07) is 46.9. The van der Waals surface area contributed by atoms with Crippen molar-refractivity contribution >= 4 is 64.7 Å². The van der Waals surface area contributed by atoms with Gasteiger partial charge in [-0.3, -0.25) is 0 Å². The van der Waals surface area contributed by atoms with Crippen molar-refractivity contribution in [1.29, 1.82) is 0 Å². The summed E-state index contributed by atoms with van der Waals surface area (Å²) in [5, 5.41) is 0. The van der Waals surface area contributed by atoms with Crippen molar-refractivity contribution in [3.05, 3.63) is 121 Å². The molecular weight excluding hydrogens is 974 g/mol. The fourth-order valence-corrected chi connectivity index (χ4v) is 9.33. The molecule has 0 unspecified atom stereocenters. The van der Waals surface area contributed by atoms with E-state index in [0.717, 1.165) is 50.6 Å². The molecule has 0 aromatic heterocycles. The zero-order valence-electron chi connectivity index (χ0n) is 47.0. The first kappa shape index (κ1) is 62.6. The first-order valence-corrected chi connectivity index (χ1v) is 30.7. The Balaban J connectivity index is 0.00000162. The van der Waals surface area contributed by atoms with Crippen LogP contribution < -0.4 is 29.4 Å². The summed E-state index contributed by atoms with van der Waals surface area (Å²) in [7, 11) is -10.7. The van der Waals surface area contributed by atoms with E-state index in [1.54, 1.807) is 4.90 Å². The zero-order valence-corrected chi connectivity index (χ0v) is 47.9. The van der Waals surface area contributed by atoms with Crippen molar-refractivity contribution < 1.29 is 30.1 Å². The van der Waals surface area contributed by atoms with Gasteiger partial charge in [0.25, 0.3) is 0 Å². The molecule has 5 aromatic rings.